The quantitative estimate of drug-likeness (QED) is 0.170. The maximum Gasteiger partial charge on any atom is 0.213 e. The Morgan fingerprint density at radius 3 is 1.81 bits per heavy atom. The van der Waals surface area contributed by atoms with E-state index in [1.165, 1.54) is 21.9 Å². The molecule has 272 valence electrons. The molecule has 3 aromatic heterocycles. The molecule has 0 aliphatic rings. The molecule has 0 aliphatic carbocycles. The van der Waals surface area contributed by atoms with E-state index in [1.54, 1.807) is 0 Å². The molecule has 0 amide bonds. The van der Waals surface area contributed by atoms with Crippen LogP contribution in [0.3, 0.4) is 0 Å². The molecule has 9 aromatic carbocycles. The first-order valence-corrected chi connectivity index (χ1v) is 19.7. The molecule has 0 atom stereocenters. The molecule has 0 unspecified atom stereocenters. The van der Waals surface area contributed by atoms with E-state index in [0.29, 0.717) is 0 Å². The topological polar surface area (TPSA) is 34.5 Å². The summed E-state index contributed by atoms with van der Waals surface area (Å²) in [6, 6.07) is 73.2. The van der Waals surface area contributed by atoms with Crippen LogP contribution in [0.25, 0.3) is 93.6 Å². The summed E-state index contributed by atoms with van der Waals surface area (Å²) in [4.78, 5) is 2.32. The van der Waals surface area contributed by atoms with Crippen molar-refractivity contribution >= 4 is 82.7 Å². The number of hydrogen-bond acceptors (Lipinski definition) is 3. The van der Waals surface area contributed by atoms with Gasteiger partial charge in [-0.15, -0.1) is 0 Å². The smallest absolute Gasteiger partial charge is 0.213 e. The minimum atomic E-state index is 0.863. The standard InChI is InChI=1S/C54H34N2O2/c1-3-12-35(13-4-1)36-24-28-42(29-25-36)55(49-19-11-18-45-44-16-7-9-20-50(44)57-53(45)49)43-30-26-38-32-37(22-23-39(38)33-43)40-27-31-48-47(34-40)52-46-17-8-10-21-51(46)58-54(52)56(48)41-14-5-2-6-15-41/h1-34H. The van der Waals surface area contributed by atoms with Gasteiger partial charge in [0.05, 0.1) is 16.6 Å². The highest BCUT2D eigenvalue weighted by Gasteiger charge is 2.22. The van der Waals surface area contributed by atoms with Crippen LogP contribution in [0.1, 0.15) is 0 Å². The number of benzene rings is 9. The van der Waals surface area contributed by atoms with Gasteiger partial charge in [-0.2, -0.15) is 0 Å². The van der Waals surface area contributed by atoms with Crippen LogP contribution in [0.5, 0.6) is 0 Å². The van der Waals surface area contributed by atoms with Crippen LogP contribution in [0, 0.1) is 0 Å². The molecule has 0 radical (unpaired) electrons. The molecule has 0 N–H and O–H groups in total. The monoisotopic (exact) mass is 742 g/mol. The molecule has 0 fully saturated rings. The second-order valence-electron chi connectivity index (χ2n) is 14.9. The molecule has 4 heteroatoms. The van der Waals surface area contributed by atoms with Crippen LogP contribution in [0.4, 0.5) is 17.1 Å². The van der Waals surface area contributed by atoms with Crippen LogP contribution >= 0.6 is 0 Å². The fourth-order valence-electron chi connectivity index (χ4n) is 8.82. The minimum Gasteiger partial charge on any atom is -0.454 e. The van der Waals surface area contributed by atoms with Gasteiger partial charge in [-0.25, -0.2) is 0 Å². The number of fused-ring (bicyclic) bond motifs is 9. The molecule has 0 aliphatic heterocycles. The van der Waals surface area contributed by atoms with Gasteiger partial charge in [0.25, 0.3) is 0 Å². The highest BCUT2D eigenvalue weighted by Crippen LogP contribution is 2.44. The predicted molar refractivity (Wildman–Crippen MR) is 241 cm³/mol. The molecule has 12 aromatic rings. The van der Waals surface area contributed by atoms with Gasteiger partial charge < -0.3 is 13.7 Å². The summed E-state index contributed by atoms with van der Waals surface area (Å²) in [5, 5.41) is 7.97. The van der Waals surface area contributed by atoms with Gasteiger partial charge in [0, 0.05) is 38.6 Å². The van der Waals surface area contributed by atoms with Crippen molar-refractivity contribution in [1.29, 1.82) is 0 Å². The summed E-state index contributed by atoms with van der Waals surface area (Å²) in [6.45, 7) is 0. The Balaban J connectivity index is 0.987. The number of rotatable bonds is 6. The van der Waals surface area contributed by atoms with Crippen LogP contribution in [-0.4, -0.2) is 4.57 Å². The summed E-state index contributed by atoms with van der Waals surface area (Å²) in [5.41, 5.74) is 13.5. The highest BCUT2D eigenvalue weighted by atomic mass is 16.3. The third-order valence-corrected chi connectivity index (χ3v) is 11.6. The van der Waals surface area contributed by atoms with Gasteiger partial charge in [-0.1, -0.05) is 133 Å². The van der Waals surface area contributed by atoms with Crippen molar-refractivity contribution < 1.29 is 8.83 Å². The summed E-state index contributed by atoms with van der Waals surface area (Å²) in [6.07, 6.45) is 0. The van der Waals surface area contributed by atoms with Crippen LogP contribution in [-0.2, 0) is 0 Å². The van der Waals surface area contributed by atoms with Crippen molar-refractivity contribution in [1.82, 2.24) is 4.57 Å². The fraction of sp³-hybridized carbons (Fsp3) is 0. The van der Waals surface area contributed by atoms with Crippen molar-refractivity contribution in [2.75, 3.05) is 4.90 Å². The number of hydrogen-bond donors (Lipinski definition) is 0. The van der Waals surface area contributed by atoms with Crippen molar-refractivity contribution in [2.24, 2.45) is 0 Å². The summed E-state index contributed by atoms with van der Waals surface area (Å²) in [5.74, 6) is 0. The Labute approximate surface area is 334 Å². The molecular formula is C54H34N2O2. The Hall–Kier alpha value is -7.82. The Morgan fingerprint density at radius 1 is 0.379 bits per heavy atom. The van der Waals surface area contributed by atoms with Crippen LogP contribution < -0.4 is 4.90 Å². The van der Waals surface area contributed by atoms with Gasteiger partial charge in [0.1, 0.15) is 11.2 Å². The van der Waals surface area contributed by atoms with Crippen molar-refractivity contribution in [2.45, 2.75) is 0 Å². The third kappa shape index (κ3) is 5.09. The van der Waals surface area contributed by atoms with E-state index in [1.807, 2.05) is 24.3 Å². The zero-order valence-electron chi connectivity index (χ0n) is 31.3. The SMILES string of the molecule is c1ccc(-c2ccc(N(c3ccc4cc(-c5ccc6c(c5)c5c7ccccc7oc5n6-c5ccccc5)ccc4c3)c3cccc4c3oc3ccccc34)cc2)cc1. The van der Waals surface area contributed by atoms with Gasteiger partial charge in [0.15, 0.2) is 5.58 Å². The number of aromatic nitrogens is 1. The lowest BCUT2D eigenvalue weighted by Crippen LogP contribution is -2.10. The number of furan rings is 2. The lowest BCUT2D eigenvalue weighted by atomic mass is 9.98. The largest absolute Gasteiger partial charge is 0.454 e. The van der Waals surface area contributed by atoms with Crippen molar-refractivity contribution in [3.63, 3.8) is 0 Å². The molecule has 3 heterocycles. The second-order valence-corrected chi connectivity index (χ2v) is 14.9. The summed E-state index contributed by atoms with van der Waals surface area (Å²) in [7, 11) is 0. The molecule has 12 rings (SSSR count). The molecule has 58 heavy (non-hydrogen) atoms. The lowest BCUT2D eigenvalue weighted by molar-refractivity contribution is 0.645. The third-order valence-electron chi connectivity index (χ3n) is 11.6. The van der Waals surface area contributed by atoms with Gasteiger partial charge in [-0.3, -0.25) is 4.57 Å². The molecule has 0 saturated heterocycles. The second kappa shape index (κ2) is 12.9. The Bertz CT molecular complexity index is 3500. The van der Waals surface area contributed by atoms with E-state index in [2.05, 4.69) is 191 Å². The van der Waals surface area contributed by atoms with Gasteiger partial charge in [0.2, 0.25) is 5.71 Å². The van der Waals surface area contributed by atoms with Crippen LogP contribution in [0.2, 0.25) is 0 Å². The van der Waals surface area contributed by atoms with Gasteiger partial charge in [-0.05, 0) is 106 Å². The van der Waals surface area contributed by atoms with Gasteiger partial charge >= 0.3 is 0 Å². The average Bonchev–Trinajstić information content (AvgIpc) is 3.96. The lowest BCUT2D eigenvalue weighted by Gasteiger charge is -2.26. The van der Waals surface area contributed by atoms with Crippen LogP contribution in [0.15, 0.2) is 215 Å². The van der Waals surface area contributed by atoms with Crippen molar-refractivity contribution in [3.8, 4) is 27.9 Å². The minimum absolute atomic E-state index is 0.863. The number of para-hydroxylation sites is 4. The van der Waals surface area contributed by atoms with E-state index in [0.717, 1.165) is 88.8 Å². The predicted octanol–water partition coefficient (Wildman–Crippen LogP) is 15.4. The zero-order valence-corrected chi connectivity index (χ0v) is 31.3. The molecule has 0 saturated carbocycles. The Kier molecular flexibility index (Phi) is 7.20. The van der Waals surface area contributed by atoms with E-state index in [9.17, 15) is 0 Å². The number of anilines is 3. The molecule has 0 bridgehead atoms. The normalized spacial score (nSPS) is 11.8. The zero-order chi connectivity index (χ0) is 38.2. The van der Waals surface area contributed by atoms with Crippen molar-refractivity contribution in [3.05, 3.63) is 206 Å². The van der Waals surface area contributed by atoms with E-state index in [4.69, 9.17) is 8.83 Å². The maximum absolute atomic E-state index is 6.61. The molecule has 0 spiro atoms. The van der Waals surface area contributed by atoms with E-state index < -0.39 is 0 Å². The summed E-state index contributed by atoms with van der Waals surface area (Å²) < 4.78 is 15.4. The first-order valence-electron chi connectivity index (χ1n) is 19.7. The van der Waals surface area contributed by atoms with E-state index >= 15 is 0 Å². The highest BCUT2D eigenvalue weighted by molar-refractivity contribution is 6.20. The Morgan fingerprint density at radius 2 is 0.983 bits per heavy atom. The number of nitrogens with zero attached hydrogens (tertiary/aromatic N) is 2. The first-order chi connectivity index (χ1) is 28.7. The first kappa shape index (κ1) is 32.4. The summed E-state index contributed by atoms with van der Waals surface area (Å²) >= 11 is 0. The molecular weight excluding hydrogens is 709 g/mol. The molecule has 4 nitrogen and oxygen atoms in total. The maximum atomic E-state index is 6.61. The fourth-order valence-corrected chi connectivity index (χ4v) is 8.82. The average molecular weight is 743 g/mol. The van der Waals surface area contributed by atoms with E-state index in [-0.39, 0.29) is 0 Å².